The first kappa shape index (κ1) is 44.7. The monoisotopic (exact) mass is 790 g/mol. The van der Waals surface area contributed by atoms with E-state index in [1.807, 2.05) is 42.5 Å². The smallest absolute Gasteiger partial charge is 0.407 e. The van der Waals surface area contributed by atoms with Crippen LogP contribution in [0.1, 0.15) is 98.0 Å². The van der Waals surface area contributed by atoms with Crippen LogP contribution in [0.3, 0.4) is 0 Å². The van der Waals surface area contributed by atoms with Crippen molar-refractivity contribution in [1.29, 1.82) is 0 Å². The van der Waals surface area contributed by atoms with E-state index in [0.717, 1.165) is 57.8 Å². The predicted molar refractivity (Wildman–Crippen MR) is 217 cm³/mol. The molecule has 2 aliphatic rings. The van der Waals surface area contributed by atoms with Crippen molar-refractivity contribution in [2.75, 3.05) is 26.4 Å². The summed E-state index contributed by atoms with van der Waals surface area (Å²) in [7, 11) is 0. The average molecular weight is 791 g/mol. The van der Waals surface area contributed by atoms with E-state index in [2.05, 4.69) is 44.6 Å². The highest BCUT2D eigenvalue weighted by molar-refractivity contribution is 5.87. The second kappa shape index (κ2) is 22.1. The first-order valence-corrected chi connectivity index (χ1v) is 20.1. The summed E-state index contributed by atoms with van der Waals surface area (Å²) in [5.41, 5.74) is 1.70. The Morgan fingerprint density at radius 2 is 1.02 bits per heavy atom. The molecule has 0 aromatic heterocycles. The van der Waals surface area contributed by atoms with E-state index in [1.54, 1.807) is 26.0 Å². The van der Waals surface area contributed by atoms with Crippen LogP contribution in [0.5, 0.6) is 11.5 Å². The van der Waals surface area contributed by atoms with Gasteiger partial charge in [-0.05, 0) is 119 Å². The topological polar surface area (TPSA) is 148 Å². The summed E-state index contributed by atoms with van der Waals surface area (Å²) in [6, 6.07) is 16.9. The Morgan fingerprint density at radius 1 is 0.614 bits per heavy atom. The van der Waals surface area contributed by atoms with Crippen molar-refractivity contribution in [3.63, 3.8) is 0 Å². The zero-order chi connectivity index (χ0) is 41.4. The number of para-hydroxylation sites is 1. The lowest BCUT2D eigenvalue weighted by molar-refractivity contribution is -0.143. The standard InChI is InChI=1S/C45H62N2O10/c1-30(2)41(48)54-28-39(26-52-37-11-9-8-10-12-37)56-43(50)46-35-19-13-32(14-20-35)25-33-15-21-36(22-16-33)47-44(51)57-40(29-55-42(49)31(3)4)27-53-38-23-17-34(18-24-38)45(5,6)7/h8-12,17-18,23-24,32-33,35-36,39-40H,1,3,13-16,19-22,25-29H2,2,4-7H3,(H,46,50)(H,47,51). The molecule has 57 heavy (non-hydrogen) atoms. The molecule has 0 radical (unpaired) electrons. The van der Waals surface area contributed by atoms with E-state index in [4.69, 9.17) is 28.4 Å². The van der Waals surface area contributed by atoms with Gasteiger partial charge in [0.2, 0.25) is 0 Å². The molecular formula is C45H62N2O10. The van der Waals surface area contributed by atoms with Gasteiger partial charge in [0.05, 0.1) is 0 Å². The number of benzene rings is 2. The second-order valence-electron chi connectivity index (χ2n) is 16.5. The van der Waals surface area contributed by atoms with Gasteiger partial charge < -0.3 is 39.1 Å². The van der Waals surface area contributed by atoms with Gasteiger partial charge in [-0.15, -0.1) is 0 Å². The van der Waals surface area contributed by atoms with Gasteiger partial charge in [-0.2, -0.15) is 0 Å². The maximum Gasteiger partial charge on any atom is 0.407 e. The summed E-state index contributed by atoms with van der Waals surface area (Å²) in [5.74, 6) is 1.27. The number of carbonyl (C=O) groups excluding carboxylic acids is 4. The van der Waals surface area contributed by atoms with Gasteiger partial charge in [0, 0.05) is 23.2 Å². The van der Waals surface area contributed by atoms with Crippen LogP contribution in [0.2, 0.25) is 0 Å². The van der Waals surface area contributed by atoms with Gasteiger partial charge in [-0.3, -0.25) is 0 Å². The first-order valence-electron chi connectivity index (χ1n) is 20.1. The third-order valence-corrected chi connectivity index (χ3v) is 10.4. The lowest BCUT2D eigenvalue weighted by Gasteiger charge is -2.34. The molecule has 0 heterocycles. The third-order valence-electron chi connectivity index (χ3n) is 10.4. The van der Waals surface area contributed by atoms with Crippen LogP contribution < -0.4 is 20.1 Å². The maximum atomic E-state index is 13.0. The largest absolute Gasteiger partial charge is 0.490 e. The van der Waals surface area contributed by atoms with Crippen molar-refractivity contribution in [1.82, 2.24) is 10.6 Å². The Labute approximate surface area is 338 Å². The molecule has 312 valence electrons. The molecule has 4 rings (SSSR count). The molecule has 2 saturated carbocycles. The molecule has 12 nitrogen and oxygen atoms in total. The number of nitrogens with one attached hydrogen (secondary N) is 2. The molecule has 2 N–H and O–H groups in total. The number of esters is 2. The molecular weight excluding hydrogens is 728 g/mol. The molecule has 0 bridgehead atoms. The van der Waals surface area contributed by atoms with Crippen LogP contribution in [0, 0.1) is 11.8 Å². The van der Waals surface area contributed by atoms with Crippen LogP contribution in [0.15, 0.2) is 78.9 Å². The summed E-state index contributed by atoms with van der Waals surface area (Å²) >= 11 is 0. The van der Waals surface area contributed by atoms with Crippen LogP contribution in [0.4, 0.5) is 9.59 Å². The van der Waals surface area contributed by atoms with Crippen molar-refractivity contribution in [2.24, 2.45) is 11.8 Å². The van der Waals surface area contributed by atoms with Crippen molar-refractivity contribution >= 4 is 24.1 Å². The van der Waals surface area contributed by atoms with E-state index < -0.39 is 36.3 Å². The molecule has 0 spiro atoms. The molecule has 2 aromatic rings. The lowest BCUT2D eigenvalue weighted by atomic mass is 9.76. The Kier molecular flexibility index (Phi) is 17.3. The zero-order valence-corrected chi connectivity index (χ0v) is 34.3. The third kappa shape index (κ3) is 16.2. The molecule has 12 heteroatoms. The number of carbonyl (C=O) groups is 4. The Hall–Kier alpha value is -5.00. The fourth-order valence-corrected chi connectivity index (χ4v) is 7.02. The molecule has 0 aliphatic heterocycles. The molecule has 2 amide bonds. The van der Waals surface area contributed by atoms with Crippen molar-refractivity contribution in [2.45, 2.75) is 122 Å². The number of alkyl carbamates (subject to hydrolysis) is 2. The van der Waals surface area contributed by atoms with Crippen LogP contribution >= 0.6 is 0 Å². The normalized spacial score (nSPS) is 20.4. The van der Waals surface area contributed by atoms with Crippen LogP contribution in [-0.4, -0.2) is 74.8 Å². The quantitative estimate of drug-likeness (QED) is 0.0858. The highest BCUT2D eigenvalue weighted by atomic mass is 16.6. The summed E-state index contributed by atoms with van der Waals surface area (Å²) in [6.45, 7) is 16.5. The molecule has 2 unspecified atom stereocenters. The van der Waals surface area contributed by atoms with Gasteiger partial charge in [0.25, 0.3) is 0 Å². The second-order valence-corrected chi connectivity index (χ2v) is 16.5. The van der Waals surface area contributed by atoms with Crippen molar-refractivity contribution in [3.8, 4) is 11.5 Å². The highest BCUT2D eigenvalue weighted by Gasteiger charge is 2.30. The maximum absolute atomic E-state index is 13.0. The van der Waals surface area contributed by atoms with Crippen molar-refractivity contribution < 1.29 is 47.6 Å². The highest BCUT2D eigenvalue weighted by Crippen LogP contribution is 2.35. The minimum atomic E-state index is -0.806. The predicted octanol–water partition coefficient (Wildman–Crippen LogP) is 8.38. The molecule has 2 fully saturated rings. The van der Waals surface area contributed by atoms with E-state index in [0.29, 0.717) is 23.3 Å². The first-order chi connectivity index (χ1) is 27.1. The Bertz CT molecular complexity index is 1620. The SMILES string of the molecule is C=C(C)C(=O)OCC(COc1ccccc1)OC(=O)NC1CCC(CC2CCC(NC(=O)OC(COC(=O)C(=C)C)COc3ccc(C(C)(C)C)cc3)CC2)CC1. The fraction of sp³-hybridized carbons (Fsp3) is 0.556. The van der Waals surface area contributed by atoms with Gasteiger partial charge in [0.15, 0.2) is 12.2 Å². The summed E-state index contributed by atoms with van der Waals surface area (Å²) in [4.78, 5) is 49.9. The number of amides is 2. The van der Waals surface area contributed by atoms with Crippen LogP contribution in [-0.2, 0) is 34.0 Å². The van der Waals surface area contributed by atoms with Crippen molar-refractivity contribution in [3.05, 3.63) is 84.5 Å². The molecule has 2 atom stereocenters. The number of hydrogen-bond acceptors (Lipinski definition) is 10. The summed E-state index contributed by atoms with van der Waals surface area (Å²) in [5, 5.41) is 6.01. The molecule has 0 saturated heterocycles. The van der Waals surface area contributed by atoms with Gasteiger partial charge in [-0.1, -0.05) is 64.3 Å². The van der Waals surface area contributed by atoms with E-state index in [-0.39, 0.29) is 55.1 Å². The number of rotatable bonds is 18. The van der Waals surface area contributed by atoms with E-state index >= 15 is 0 Å². The van der Waals surface area contributed by atoms with E-state index in [9.17, 15) is 19.2 Å². The summed E-state index contributed by atoms with van der Waals surface area (Å²) in [6.07, 6.45) is 5.83. The summed E-state index contributed by atoms with van der Waals surface area (Å²) < 4.78 is 33.6. The lowest BCUT2D eigenvalue weighted by Crippen LogP contribution is -2.42. The Morgan fingerprint density at radius 3 is 1.40 bits per heavy atom. The number of hydrogen-bond donors (Lipinski definition) is 2. The molecule has 2 aliphatic carbocycles. The Balaban J connectivity index is 1.16. The van der Waals surface area contributed by atoms with Gasteiger partial charge in [-0.25, -0.2) is 19.2 Å². The van der Waals surface area contributed by atoms with Crippen LogP contribution in [0.25, 0.3) is 0 Å². The minimum absolute atomic E-state index is 0.000850. The number of ether oxygens (including phenoxy) is 6. The van der Waals surface area contributed by atoms with E-state index in [1.165, 1.54) is 5.56 Å². The average Bonchev–Trinajstić information content (AvgIpc) is 3.18. The fourth-order valence-electron chi connectivity index (χ4n) is 7.02. The molecule has 2 aromatic carbocycles. The zero-order valence-electron chi connectivity index (χ0n) is 34.3. The minimum Gasteiger partial charge on any atom is -0.490 e. The van der Waals surface area contributed by atoms with Gasteiger partial charge >= 0.3 is 24.1 Å². The van der Waals surface area contributed by atoms with Gasteiger partial charge in [0.1, 0.15) is 37.9 Å².